The highest BCUT2D eigenvalue weighted by Gasteiger charge is 2.12. The van der Waals surface area contributed by atoms with Crippen LogP contribution in [0, 0.1) is 0 Å². The molecular formula is C20H29NO3. The van der Waals surface area contributed by atoms with Crippen LogP contribution in [0.5, 0.6) is 11.5 Å². The fraction of sp³-hybridized carbons (Fsp3) is 0.550. The molecule has 2 rings (SSSR count). The topological polar surface area (TPSA) is 47.6 Å². The second-order valence-corrected chi connectivity index (χ2v) is 6.21. The van der Waals surface area contributed by atoms with E-state index in [1.165, 1.54) is 44.9 Å². The van der Waals surface area contributed by atoms with Gasteiger partial charge in [-0.25, -0.2) is 0 Å². The number of carbonyl (C=O) groups is 1. The summed E-state index contributed by atoms with van der Waals surface area (Å²) in [6.07, 6.45) is 13.6. The molecule has 0 fully saturated rings. The Morgan fingerprint density at radius 1 is 1.04 bits per heavy atom. The molecule has 4 heteroatoms. The molecule has 0 saturated carbocycles. The second-order valence-electron chi connectivity index (χ2n) is 6.21. The summed E-state index contributed by atoms with van der Waals surface area (Å²) in [6, 6.07) is 5.65. The van der Waals surface area contributed by atoms with E-state index < -0.39 is 0 Å². The third-order valence-electron chi connectivity index (χ3n) is 4.15. The maximum absolute atomic E-state index is 11.8. The lowest BCUT2D eigenvalue weighted by Crippen LogP contribution is -2.21. The minimum absolute atomic E-state index is 0.0457. The molecule has 1 heterocycles. The van der Waals surface area contributed by atoms with Crippen molar-refractivity contribution in [1.29, 1.82) is 0 Å². The van der Waals surface area contributed by atoms with Crippen LogP contribution in [0.1, 0.15) is 63.9 Å². The molecule has 0 unspecified atom stereocenters. The zero-order chi connectivity index (χ0) is 17.0. The maximum Gasteiger partial charge on any atom is 0.243 e. The molecule has 1 N–H and O–H groups in total. The highest BCUT2D eigenvalue weighted by atomic mass is 16.7. The van der Waals surface area contributed by atoms with Crippen LogP contribution in [0.25, 0.3) is 6.08 Å². The number of nitrogens with one attached hydrogen (secondary N) is 1. The molecule has 4 nitrogen and oxygen atoms in total. The number of amides is 1. The van der Waals surface area contributed by atoms with E-state index in [0.29, 0.717) is 0 Å². The van der Waals surface area contributed by atoms with Gasteiger partial charge < -0.3 is 14.8 Å². The number of ether oxygens (including phenoxy) is 2. The minimum atomic E-state index is -0.0457. The number of carbonyl (C=O) groups excluding carboxylic acids is 1. The predicted octanol–water partition coefficient (Wildman–Crippen LogP) is 4.69. The molecule has 0 aliphatic carbocycles. The predicted molar refractivity (Wildman–Crippen MR) is 97.2 cm³/mol. The summed E-state index contributed by atoms with van der Waals surface area (Å²) in [5.74, 6) is 1.44. The molecule has 0 saturated heterocycles. The number of rotatable bonds is 11. The summed E-state index contributed by atoms with van der Waals surface area (Å²) >= 11 is 0. The molecule has 0 spiro atoms. The average molecular weight is 331 g/mol. The maximum atomic E-state index is 11.8. The quantitative estimate of drug-likeness (QED) is 0.473. The first kappa shape index (κ1) is 18.4. The zero-order valence-corrected chi connectivity index (χ0v) is 14.7. The first-order chi connectivity index (χ1) is 11.8. The monoisotopic (exact) mass is 331 g/mol. The molecule has 0 aromatic heterocycles. The van der Waals surface area contributed by atoms with Gasteiger partial charge in [0.25, 0.3) is 0 Å². The molecule has 0 radical (unpaired) electrons. The van der Waals surface area contributed by atoms with E-state index in [1.54, 1.807) is 12.2 Å². The Bertz CT molecular complexity index is 540. The summed E-state index contributed by atoms with van der Waals surface area (Å²) in [5, 5.41) is 2.93. The van der Waals surface area contributed by atoms with E-state index in [9.17, 15) is 4.79 Å². The normalized spacial score (nSPS) is 12.7. The molecule has 1 aromatic rings. The van der Waals surface area contributed by atoms with Crippen LogP contribution in [-0.4, -0.2) is 19.2 Å². The van der Waals surface area contributed by atoms with Gasteiger partial charge in [-0.15, -0.1) is 0 Å². The third kappa shape index (κ3) is 6.65. The molecule has 1 aliphatic rings. The lowest BCUT2D eigenvalue weighted by Gasteiger charge is -2.03. The van der Waals surface area contributed by atoms with Crippen LogP contribution in [0.4, 0.5) is 0 Å². The van der Waals surface area contributed by atoms with E-state index in [2.05, 4.69) is 12.2 Å². The number of fused-ring (bicyclic) bond motifs is 1. The summed E-state index contributed by atoms with van der Waals surface area (Å²) in [7, 11) is 0. The molecule has 0 bridgehead atoms. The molecular weight excluding hydrogens is 302 g/mol. The lowest BCUT2D eigenvalue weighted by molar-refractivity contribution is -0.116. The third-order valence-corrected chi connectivity index (χ3v) is 4.15. The van der Waals surface area contributed by atoms with Crippen molar-refractivity contribution in [2.24, 2.45) is 0 Å². The van der Waals surface area contributed by atoms with Crippen LogP contribution >= 0.6 is 0 Å². The van der Waals surface area contributed by atoms with E-state index in [1.807, 2.05) is 18.2 Å². The number of hydrogen-bond donors (Lipinski definition) is 1. The highest BCUT2D eigenvalue weighted by molar-refractivity contribution is 5.91. The van der Waals surface area contributed by atoms with Gasteiger partial charge in [0.05, 0.1) is 0 Å². The fourth-order valence-corrected chi connectivity index (χ4v) is 2.72. The van der Waals surface area contributed by atoms with Gasteiger partial charge >= 0.3 is 0 Å². The van der Waals surface area contributed by atoms with Crippen molar-refractivity contribution in [2.75, 3.05) is 13.3 Å². The average Bonchev–Trinajstić information content (AvgIpc) is 3.06. The van der Waals surface area contributed by atoms with Gasteiger partial charge in [-0.05, 0) is 30.2 Å². The zero-order valence-electron chi connectivity index (χ0n) is 14.7. The summed E-state index contributed by atoms with van der Waals surface area (Å²) in [4.78, 5) is 11.8. The highest BCUT2D eigenvalue weighted by Crippen LogP contribution is 2.32. The Morgan fingerprint density at radius 3 is 2.54 bits per heavy atom. The first-order valence-electron chi connectivity index (χ1n) is 9.15. The largest absolute Gasteiger partial charge is 0.454 e. The SMILES string of the molecule is CCCCCCCCCCNC(=O)/C=C/c1ccc2c(c1)OCO2. The molecule has 1 amide bonds. The van der Waals surface area contributed by atoms with Crippen molar-refractivity contribution in [2.45, 2.75) is 58.3 Å². The smallest absolute Gasteiger partial charge is 0.243 e. The first-order valence-corrected chi connectivity index (χ1v) is 9.15. The Balaban J connectivity index is 1.55. The Kier molecular flexibility index (Phi) is 8.22. The van der Waals surface area contributed by atoms with Crippen molar-refractivity contribution in [3.05, 3.63) is 29.8 Å². The lowest BCUT2D eigenvalue weighted by atomic mass is 10.1. The van der Waals surface area contributed by atoms with E-state index in [4.69, 9.17) is 9.47 Å². The van der Waals surface area contributed by atoms with Crippen LogP contribution in [0.2, 0.25) is 0 Å². The minimum Gasteiger partial charge on any atom is -0.454 e. The van der Waals surface area contributed by atoms with Crippen LogP contribution < -0.4 is 14.8 Å². The van der Waals surface area contributed by atoms with Crippen molar-refractivity contribution in [3.8, 4) is 11.5 Å². The van der Waals surface area contributed by atoms with Gasteiger partial charge in [0.2, 0.25) is 12.7 Å². The number of benzene rings is 1. The van der Waals surface area contributed by atoms with Crippen molar-refractivity contribution >= 4 is 12.0 Å². The van der Waals surface area contributed by atoms with Gasteiger partial charge in [-0.3, -0.25) is 4.79 Å². The van der Waals surface area contributed by atoms with Crippen LogP contribution in [-0.2, 0) is 4.79 Å². The summed E-state index contributed by atoms with van der Waals surface area (Å²) in [6.45, 7) is 3.25. The Hall–Kier alpha value is -1.97. The molecule has 132 valence electrons. The standard InChI is InChI=1S/C20H29NO3/c1-2-3-4-5-6-7-8-9-14-21-20(22)13-11-17-10-12-18-19(15-17)24-16-23-18/h10-13,15H,2-9,14,16H2,1H3,(H,21,22)/b13-11+. The summed E-state index contributed by atoms with van der Waals surface area (Å²) in [5.41, 5.74) is 0.932. The molecule has 1 aliphatic heterocycles. The van der Waals surface area contributed by atoms with Crippen molar-refractivity contribution in [3.63, 3.8) is 0 Å². The van der Waals surface area contributed by atoms with Gasteiger partial charge in [0.1, 0.15) is 0 Å². The van der Waals surface area contributed by atoms with Crippen molar-refractivity contribution in [1.82, 2.24) is 5.32 Å². The van der Waals surface area contributed by atoms with Crippen LogP contribution in [0.3, 0.4) is 0 Å². The van der Waals surface area contributed by atoms with Gasteiger partial charge in [-0.1, -0.05) is 57.9 Å². The molecule has 0 atom stereocenters. The van der Waals surface area contributed by atoms with Gasteiger partial charge in [-0.2, -0.15) is 0 Å². The van der Waals surface area contributed by atoms with E-state index >= 15 is 0 Å². The van der Waals surface area contributed by atoms with Gasteiger partial charge in [0, 0.05) is 12.6 Å². The Morgan fingerprint density at radius 2 is 1.75 bits per heavy atom. The summed E-state index contributed by atoms with van der Waals surface area (Å²) < 4.78 is 10.6. The van der Waals surface area contributed by atoms with E-state index in [0.717, 1.165) is 30.0 Å². The molecule has 24 heavy (non-hydrogen) atoms. The fourth-order valence-electron chi connectivity index (χ4n) is 2.72. The Labute approximate surface area is 145 Å². The van der Waals surface area contributed by atoms with Crippen LogP contribution in [0.15, 0.2) is 24.3 Å². The van der Waals surface area contributed by atoms with E-state index in [-0.39, 0.29) is 12.7 Å². The number of hydrogen-bond acceptors (Lipinski definition) is 3. The molecule has 1 aromatic carbocycles. The van der Waals surface area contributed by atoms with Crippen molar-refractivity contribution < 1.29 is 14.3 Å². The van der Waals surface area contributed by atoms with Gasteiger partial charge in [0.15, 0.2) is 11.5 Å². The second kappa shape index (κ2) is 10.7. The number of unbranched alkanes of at least 4 members (excludes halogenated alkanes) is 7.